The Morgan fingerprint density at radius 3 is 1.69 bits per heavy atom. The summed E-state index contributed by atoms with van der Waals surface area (Å²) in [7, 11) is -2.22. The van der Waals surface area contributed by atoms with Gasteiger partial charge in [0.15, 0.2) is 0 Å². The Bertz CT molecular complexity index is 3460. The number of fused-ring (bicyclic) bond motifs is 2. The minimum atomic E-state index is -4.60. The molecule has 0 spiro atoms. The van der Waals surface area contributed by atoms with E-state index in [4.69, 9.17) is 39.3 Å². The summed E-state index contributed by atoms with van der Waals surface area (Å²) in [6.45, 7) is 2.23. The summed E-state index contributed by atoms with van der Waals surface area (Å²) in [5, 5.41) is 13.9. The molecule has 4 aromatic heterocycles. The predicted molar refractivity (Wildman–Crippen MR) is 264 cm³/mol. The number of benzene rings is 2. The van der Waals surface area contributed by atoms with Gasteiger partial charge in [0.1, 0.15) is 37.3 Å². The van der Waals surface area contributed by atoms with Crippen LogP contribution in [0.4, 0.5) is 4.79 Å². The van der Waals surface area contributed by atoms with Crippen LogP contribution in [-0.2, 0) is 55.2 Å². The Morgan fingerprint density at radius 1 is 0.760 bits per heavy atom. The Hall–Kier alpha value is -8.26. The monoisotopic (exact) mass is 1060 g/mol. The molecule has 0 radical (unpaired) electrons. The zero-order chi connectivity index (χ0) is 54.0. The molecular weight excluding hydrogens is 1010 g/mol. The molecule has 0 saturated carbocycles. The van der Waals surface area contributed by atoms with Crippen LogP contribution in [0.15, 0.2) is 103 Å². The van der Waals surface area contributed by atoms with Gasteiger partial charge in [-0.15, -0.1) is 0 Å². The highest BCUT2D eigenvalue weighted by Crippen LogP contribution is 2.41. The number of amides is 1. The van der Waals surface area contributed by atoms with E-state index in [2.05, 4.69) is 50.4 Å². The van der Waals surface area contributed by atoms with Gasteiger partial charge in [0.2, 0.25) is 0 Å². The van der Waals surface area contributed by atoms with Gasteiger partial charge in [-0.1, -0.05) is 46.6 Å². The molecule has 2 aliphatic rings. The maximum atomic E-state index is 12.9. The zero-order valence-corrected chi connectivity index (χ0v) is 41.4. The number of alkyl carbamates (subject to hydrolysis) is 1. The van der Waals surface area contributed by atoms with Crippen LogP contribution in [0.25, 0.3) is 42.7 Å². The van der Waals surface area contributed by atoms with Crippen LogP contribution in [0.3, 0.4) is 0 Å². The third kappa shape index (κ3) is 13.3. The Labute approximate surface area is 422 Å². The fourth-order valence-corrected chi connectivity index (χ4v) is 9.51. The van der Waals surface area contributed by atoms with E-state index in [1.54, 1.807) is 12.4 Å². The van der Waals surface area contributed by atoms with Crippen molar-refractivity contribution < 1.29 is 52.1 Å². The van der Waals surface area contributed by atoms with Crippen LogP contribution in [0.2, 0.25) is 0 Å². The van der Waals surface area contributed by atoms with Crippen LogP contribution < -0.4 is 32.9 Å². The molecule has 0 bridgehead atoms. The van der Waals surface area contributed by atoms with Gasteiger partial charge >= 0.3 is 37.2 Å². The molecule has 1 unspecified atom stereocenters. The largest absolute Gasteiger partial charge is 0.468 e. The first kappa shape index (κ1) is 54.5. The number of methoxy groups -OCH3 is 2. The van der Waals surface area contributed by atoms with Crippen molar-refractivity contribution in [1.29, 1.82) is 0 Å². The summed E-state index contributed by atoms with van der Waals surface area (Å²) >= 11 is 0. The number of H-pyrrole nitrogens is 4. The minimum absolute atomic E-state index is 0.0302. The molecule has 30 heteroatoms. The number of aromatic nitrogens is 6. The molecule has 75 heavy (non-hydrogen) atoms. The average Bonchev–Trinajstić information content (AvgIpc) is 4.20. The van der Waals surface area contributed by atoms with E-state index in [0.717, 1.165) is 44.6 Å². The summed E-state index contributed by atoms with van der Waals surface area (Å²) in [5.74, 6) is -1.43. The number of para-hydroxylation sites is 2. The summed E-state index contributed by atoms with van der Waals surface area (Å²) < 4.78 is 47.0. The van der Waals surface area contributed by atoms with Gasteiger partial charge in [-0.25, -0.2) is 28.8 Å². The molecule has 9 atom stereocenters. The molecule has 2 saturated heterocycles. The summed E-state index contributed by atoms with van der Waals surface area (Å²) in [5.41, 5.74) is 19.2. The van der Waals surface area contributed by atoms with Crippen molar-refractivity contribution in [3.05, 3.63) is 158 Å². The number of hydrogen-bond donors (Lipinski definition) is 7. The van der Waals surface area contributed by atoms with Crippen molar-refractivity contribution in [2.45, 2.75) is 88.4 Å². The fourth-order valence-electron chi connectivity index (χ4n) is 8.50. The first-order valence-electron chi connectivity index (χ1n) is 22.9. The Morgan fingerprint density at radius 2 is 1.21 bits per heavy atom. The lowest BCUT2D eigenvalue weighted by molar-refractivity contribution is -0.143. The van der Waals surface area contributed by atoms with Crippen LogP contribution in [0.5, 0.6) is 0 Å². The van der Waals surface area contributed by atoms with Gasteiger partial charge in [0.05, 0.1) is 39.0 Å². The van der Waals surface area contributed by atoms with Gasteiger partial charge in [-0.2, -0.15) is 0 Å². The molecule has 2 fully saturated rings. The minimum Gasteiger partial charge on any atom is -0.468 e. The summed E-state index contributed by atoms with van der Waals surface area (Å²) in [6.07, 6.45) is 1.94. The molecule has 396 valence electrons. The number of esters is 2. The van der Waals surface area contributed by atoms with Crippen LogP contribution in [-0.4, -0.2) is 116 Å². The van der Waals surface area contributed by atoms with Gasteiger partial charge in [-0.3, -0.25) is 38.0 Å². The molecule has 1 amide bonds. The molecule has 0 aliphatic carbocycles. The number of aryl methyl sites for hydroxylation is 2. The average molecular weight is 1060 g/mol. The van der Waals surface area contributed by atoms with Crippen molar-refractivity contribution in [3.63, 3.8) is 0 Å². The normalized spacial score (nSPS) is 20.6. The van der Waals surface area contributed by atoms with Gasteiger partial charge in [0, 0.05) is 93.2 Å². The smallest absolute Gasteiger partial charge is 0.407 e. The second-order valence-corrected chi connectivity index (χ2v) is 18.8. The summed E-state index contributed by atoms with van der Waals surface area (Å²) in [6, 6.07) is 11.1. The molecule has 6 heterocycles. The zero-order valence-electron chi connectivity index (χ0n) is 40.5. The number of azide groups is 2. The summed E-state index contributed by atoms with van der Waals surface area (Å²) in [4.78, 5) is 112. The molecule has 7 N–H and O–H groups in total. The lowest BCUT2D eigenvalue weighted by atomic mass is 10.1. The maximum Gasteiger partial charge on any atom is 0.407 e. The number of aromatic amines is 4. The second-order valence-electron chi connectivity index (χ2n) is 17.2. The first-order valence-corrected chi connectivity index (χ1v) is 24.5. The van der Waals surface area contributed by atoms with Crippen LogP contribution in [0.1, 0.15) is 47.6 Å². The lowest BCUT2D eigenvalue weighted by Crippen LogP contribution is -2.44. The number of ether oxygens (including phenoxy) is 5. The number of rotatable bonds is 18. The van der Waals surface area contributed by atoms with E-state index >= 15 is 0 Å². The van der Waals surface area contributed by atoms with Crippen LogP contribution in [0, 0.1) is 13.8 Å². The maximum absolute atomic E-state index is 12.9. The molecule has 8 rings (SSSR count). The first-order chi connectivity index (χ1) is 35.9. The van der Waals surface area contributed by atoms with Gasteiger partial charge in [0.25, 0.3) is 11.1 Å². The number of carbonyl (C=O) groups is 3. The molecular formula is C45H51N14O15P. The molecule has 6 aromatic rings. The third-order valence-corrected chi connectivity index (χ3v) is 13.4. The molecule has 2 aromatic carbocycles. The van der Waals surface area contributed by atoms with E-state index in [1.807, 2.05) is 48.5 Å². The number of hydrogen-bond acceptors (Lipinski definition) is 16. The van der Waals surface area contributed by atoms with E-state index in [9.17, 15) is 43.0 Å². The van der Waals surface area contributed by atoms with E-state index < -0.39 is 104 Å². The number of nitrogens with zero attached hydrogens (tertiary/aromatic N) is 8. The number of nitrogens with one attached hydrogen (secondary N) is 6. The van der Waals surface area contributed by atoms with Gasteiger partial charge < -0.3 is 43.9 Å². The molecule has 2 aliphatic heterocycles. The lowest BCUT2D eigenvalue weighted by Gasteiger charge is -2.22. The topological polar surface area (TPSA) is 407 Å². The van der Waals surface area contributed by atoms with Crippen molar-refractivity contribution in [1.82, 2.24) is 39.5 Å². The van der Waals surface area contributed by atoms with Gasteiger partial charge in [-0.05, 0) is 48.2 Å². The van der Waals surface area contributed by atoms with E-state index in [1.165, 1.54) is 37.9 Å². The Kier molecular flexibility index (Phi) is 17.6. The Balaban J connectivity index is 0.000000219. The van der Waals surface area contributed by atoms with Crippen molar-refractivity contribution in [3.8, 4) is 0 Å². The quantitative estimate of drug-likeness (QED) is 0.0161. The predicted octanol–water partition coefficient (Wildman–Crippen LogP) is 3.59. The highest BCUT2D eigenvalue weighted by molar-refractivity contribution is 7.50. The number of carbonyl (C=O) groups excluding carboxylic acids is 3. The highest BCUT2D eigenvalue weighted by atomic mass is 31.2. The van der Waals surface area contributed by atoms with Crippen molar-refractivity contribution >= 4 is 47.6 Å². The van der Waals surface area contributed by atoms with Crippen LogP contribution >= 0.6 is 7.75 Å². The second kappa shape index (κ2) is 24.2. The van der Waals surface area contributed by atoms with E-state index in [0.29, 0.717) is 5.56 Å². The van der Waals surface area contributed by atoms with Crippen molar-refractivity contribution in [2.24, 2.45) is 10.2 Å². The molecule has 29 nitrogen and oxygen atoms in total. The van der Waals surface area contributed by atoms with E-state index in [-0.39, 0.29) is 37.9 Å². The van der Waals surface area contributed by atoms with Crippen molar-refractivity contribution in [2.75, 3.05) is 27.4 Å². The third-order valence-electron chi connectivity index (χ3n) is 12.3. The fraction of sp³-hybridized carbons (Fsp3) is 0.400. The SMILES string of the molecule is COC(=O)[C@@H](Cc1c[nH]c2ccccc12)NP(=O)(O)OC[C@H]1O[C@@H](n2cc(C)c(=O)[nH]c2=O)C[C@@H]1N=[N+]=[N-].COC(=O)[C@H](Cc1c[nH]c2ccccc12)NC(=O)OC[C@H]1O[C@@H](n2cc(C)c(=O)[nH]c2=O)C[C@@H]1N=[N+]=[N-]. The standard InChI is InChI=1S/C23H25N7O7.C22H26N7O8P/c1-12-10-30(22(33)27-20(12)31)19-8-16(28-29-24)18(37-19)11-36-23(34)26-17(21(32)35-2)7-13-9-25-15-6-4-3-5-14(13)15;1-12-10-29(22(32)25-20(12)30)19-8-16(26-28-23)18(37-19)11-36-38(33,34)27-17(21(31)35-2)7-13-9-24-15-6-4-3-5-14(13)15/h3-6,9-10,16-19,25H,7-8,11H2,1-2H3,(H,26,34)(H,27,31,33);3-6,9-10,16-19,24H,7-8,11H2,1-2H3,(H,25,30,32)(H2,27,33,34)/t16-,17-,18+,19+;16-,17+,18+,19+/m00/s1. The highest BCUT2D eigenvalue weighted by Gasteiger charge is 2.40.